The second-order valence-corrected chi connectivity index (χ2v) is 9.76. The summed E-state index contributed by atoms with van der Waals surface area (Å²) < 4.78 is 39.6. The van der Waals surface area contributed by atoms with Gasteiger partial charge in [0.1, 0.15) is 0 Å². The van der Waals surface area contributed by atoms with E-state index in [1.54, 1.807) is 23.9 Å². The van der Waals surface area contributed by atoms with E-state index in [1.807, 2.05) is 18.4 Å². The average Bonchev–Trinajstić information content (AvgIpc) is 2.91. The molecule has 0 bridgehead atoms. The summed E-state index contributed by atoms with van der Waals surface area (Å²) in [6, 6.07) is 9.41. The van der Waals surface area contributed by atoms with Gasteiger partial charge in [0.2, 0.25) is 5.91 Å². The summed E-state index contributed by atoms with van der Waals surface area (Å²) in [7, 11) is 0. The first kappa shape index (κ1) is 29.1. The molecule has 0 spiro atoms. The Morgan fingerprint density at radius 3 is 2.26 bits per heavy atom. The zero-order chi connectivity index (χ0) is 27.7. The van der Waals surface area contributed by atoms with Crippen molar-refractivity contribution in [1.29, 1.82) is 0 Å². The Kier molecular flexibility index (Phi) is 10.2. The van der Waals surface area contributed by atoms with Crippen LogP contribution < -0.4 is 21.3 Å². The molecule has 0 radical (unpaired) electrons. The number of rotatable bonds is 10. The second kappa shape index (κ2) is 13.4. The highest BCUT2D eigenvalue weighted by atomic mass is 32.2. The van der Waals surface area contributed by atoms with Gasteiger partial charge in [0.25, 0.3) is 11.8 Å². The molecule has 4 N–H and O–H groups in total. The Morgan fingerprint density at radius 1 is 1.00 bits per heavy atom. The highest BCUT2D eigenvalue weighted by molar-refractivity contribution is 7.98. The molecule has 0 aromatic heterocycles. The van der Waals surface area contributed by atoms with Crippen LogP contribution in [0.3, 0.4) is 0 Å². The average molecular weight is 549 g/mol. The standard InChI is InChI=1S/C27H31F3N4O3S/c1-3-14-31-21-13-10-18(27(28,29)30)15-20(21)26(37)32-16-24(35)33-22-6-4-5-7-23(22)34-25(36)17-8-11-19(38-2)12-9-17/h3,8-13,15,22-23,31H,1,4-7,14,16H2,2H3,(H,32,37)(H,33,35)(H,34,36). The van der Waals surface area contributed by atoms with Gasteiger partial charge < -0.3 is 21.3 Å². The maximum atomic E-state index is 13.2. The number of anilines is 1. The number of alkyl halides is 3. The van der Waals surface area contributed by atoms with Crippen molar-refractivity contribution in [3.05, 3.63) is 71.8 Å². The third-order valence-electron chi connectivity index (χ3n) is 6.22. The van der Waals surface area contributed by atoms with Gasteiger partial charge in [-0.15, -0.1) is 18.3 Å². The maximum absolute atomic E-state index is 13.2. The molecule has 11 heteroatoms. The van der Waals surface area contributed by atoms with E-state index >= 15 is 0 Å². The third kappa shape index (κ3) is 8.01. The van der Waals surface area contributed by atoms with E-state index < -0.39 is 30.1 Å². The molecule has 2 unspecified atom stereocenters. The highest BCUT2D eigenvalue weighted by Crippen LogP contribution is 2.32. The van der Waals surface area contributed by atoms with Crippen LogP contribution >= 0.6 is 11.8 Å². The Morgan fingerprint density at radius 2 is 1.66 bits per heavy atom. The molecule has 0 saturated heterocycles. The van der Waals surface area contributed by atoms with E-state index in [9.17, 15) is 27.6 Å². The number of benzene rings is 2. The SMILES string of the molecule is C=CCNc1ccc(C(F)(F)F)cc1C(=O)NCC(=O)NC1CCCCC1NC(=O)c1ccc(SC)cc1. The van der Waals surface area contributed by atoms with Crippen LogP contribution in [0.5, 0.6) is 0 Å². The van der Waals surface area contributed by atoms with Crippen molar-refractivity contribution in [2.75, 3.05) is 24.7 Å². The van der Waals surface area contributed by atoms with E-state index in [0.717, 1.165) is 29.9 Å². The number of amides is 3. The molecule has 204 valence electrons. The molecular weight excluding hydrogens is 517 g/mol. The van der Waals surface area contributed by atoms with Gasteiger partial charge in [-0.25, -0.2) is 0 Å². The highest BCUT2D eigenvalue weighted by Gasteiger charge is 2.32. The predicted octanol–water partition coefficient (Wildman–Crippen LogP) is 4.61. The molecule has 7 nitrogen and oxygen atoms in total. The first-order chi connectivity index (χ1) is 18.1. The molecular formula is C27H31F3N4O3S. The number of hydrogen-bond donors (Lipinski definition) is 4. The van der Waals surface area contributed by atoms with Crippen LogP contribution in [0.4, 0.5) is 18.9 Å². The lowest BCUT2D eigenvalue weighted by Gasteiger charge is -2.33. The molecule has 2 aromatic rings. The summed E-state index contributed by atoms with van der Waals surface area (Å²) >= 11 is 1.58. The maximum Gasteiger partial charge on any atom is 0.416 e. The minimum absolute atomic E-state index is 0.191. The van der Waals surface area contributed by atoms with Crippen LogP contribution in [0.2, 0.25) is 0 Å². The topological polar surface area (TPSA) is 99.3 Å². The van der Waals surface area contributed by atoms with Gasteiger partial charge in [0.15, 0.2) is 0 Å². The van der Waals surface area contributed by atoms with Gasteiger partial charge in [-0.3, -0.25) is 14.4 Å². The van der Waals surface area contributed by atoms with E-state index in [2.05, 4.69) is 27.8 Å². The van der Waals surface area contributed by atoms with E-state index in [0.29, 0.717) is 18.4 Å². The molecule has 38 heavy (non-hydrogen) atoms. The van der Waals surface area contributed by atoms with E-state index in [-0.39, 0.29) is 35.8 Å². The van der Waals surface area contributed by atoms with Gasteiger partial charge in [0.05, 0.1) is 17.7 Å². The van der Waals surface area contributed by atoms with Gasteiger partial charge in [-0.1, -0.05) is 18.9 Å². The first-order valence-corrected chi connectivity index (χ1v) is 13.4. The number of thioether (sulfide) groups is 1. The van der Waals surface area contributed by atoms with Crippen LogP contribution in [0.25, 0.3) is 0 Å². The van der Waals surface area contributed by atoms with Gasteiger partial charge in [-0.05, 0) is 61.6 Å². The Bertz CT molecular complexity index is 1160. The van der Waals surface area contributed by atoms with Crippen molar-refractivity contribution < 1.29 is 27.6 Å². The van der Waals surface area contributed by atoms with Gasteiger partial charge >= 0.3 is 6.18 Å². The monoisotopic (exact) mass is 548 g/mol. The van der Waals surface area contributed by atoms with Crippen molar-refractivity contribution in [2.24, 2.45) is 0 Å². The summed E-state index contributed by atoms with van der Waals surface area (Å²) in [5, 5.41) is 11.1. The molecule has 1 aliphatic carbocycles. The molecule has 2 aromatic carbocycles. The smallest absolute Gasteiger partial charge is 0.381 e. The van der Waals surface area contributed by atoms with Crippen molar-refractivity contribution >= 4 is 35.2 Å². The largest absolute Gasteiger partial charge is 0.416 e. The van der Waals surface area contributed by atoms with Crippen LogP contribution in [0.1, 0.15) is 52.0 Å². The number of carbonyl (C=O) groups is 3. The fraction of sp³-hybridized carbons (Fsp3) is 0.370. The lowest BCUT2D eigenvalue weighted by atomic mass is 9.90. The molecule has 1 saturated carbocycles. The summed E-state index contributed by atoms with van der Waals surface area (Å²) in [5.74, 6) is -1.55. The molecule has 1 fully saturated rings. The number of halogens is 3. The Balaban J connectivity index is 1.61. The normalized spacial score (nSPS) is 17.3. The minimum Gasteiger partial charge on any atom is -0.381 e. The molecule has 2 atom stereocenters. The minimum atomic E-state index is -4.62. The zero-order valence-corrected chi connectivity index (χ0v) is 21.8. The third-order valence-corrected chi connectivity index (χ3v) is 6.96. The van der Waals surface area contributed by atoms with Crippen LogP contribution in [-0.2, 0) is 11.0 Å². The molecule has 0 heterocycles. The van der Waals surface area contributed by atoms with Gasteiger partial charge in [-0.2, -0.15) is 13.2 Å². The molecule has 1 aliphatic rings. The Hall–Kier alpha value is -3.47. The quantitative estimate of drug-likeness (QED) is 0.257. The summed E-state index contributed by atoms with van der Waals surface area (Å²) in [4.78, 5) is 39.2. The van der Waals surface area contributed by atoms with Crippen molar-refractivity contribution in [1.82, 2.24) is 16.0 Å². The van der Waals surface area contributed by atoms with Crippen LogP contribution in [-0.4, -0.2) is 49.2 Å². The second-order valence-electron chi connectivity index (χ2n) is 8.88. The zero-order valence-electron chi connectivity index (χ0n) is 21.0. The lowest BCUT2D eigenvalue weighted by molar-refractivity contribution is -0.137. The lowest BCUT2D eigenvalue weighted by Crippen LogP contribution is -2.54. The molecule has 3 amide bonds. The van der Waals surface area contributed by atoms with Crippen molar-refractivity contribution in [3.8, 4) is 0 Å². The summed E-state index contributed by atoms with van der Waals surface area (Å²) in [5.41, 5.74) is -0.492. The first-order valence-electron chi connectivity index (χ1n) is 12.2. The van der Waals surface area contributed by atoms with Crippen molar-refractivity contribution in [3.63, 3.8) is 0 Å². The number of nitrogens with one attached hydrogen (secondary N) is 4. The van der Waals surface area contributed by atoms with E-state index in [4.69, 9.17) is 0 Å². The van der Waals surface area contributed by atoms with Crippen LogP contribution in [0.15, 0.2) is 60.0 Å². The van der Waals surface area contributed by atoms with Crippen LogP contribution in [0, 0.1) is 0 Å². The number of hydrogen-bond acceptors (Lipinski definition) is 5. The fourth-order valence-corrected chi connectivity index (χ4v) is 4.64. The Labute approximate surface area is 224 Å². The number of carbonyl (C=O) groups excluding carboxylic acids is 3. The molecule has 0 aliphatic heterocycles. The molecule has 3 rings (SSSR count). The fourth-order valence-electron chi connectivity index (χ4n) is 4.23. The summed E-state index contributed by atoms with van der Waals surface area (Å²) in [6.07, 6.45) is 1.94. The van der Waals surface area contributed by atoms with E-state index in [1.165, 1.54) is 12.1 Å². The van der Waals surface area contributed by atoms with Gasteiger partial charge in [0, 0.05) is 34.8 Å². The summed E-state index contributed by atoms with van der Waals surface area (Å²) in [6.45, 7) is 3.36. The predicted molar refractivity (Wildman–Crippen MR) is 142 cm³/mol. The van der Waals surface area contributed by atoms with Crippen molar-refractivity contribution in [2.45, 2.75) is 48.8 Å².